The summed E-state index contributed by atoms with van der Waals surface area (Å²) in [5.41, 5.74) is 2.99. The van der Waals surface area contributed by atoms with Crippen molar-refractivity contribution in [2.24, 2.45) is 5.92 Å². The maximum Gasteiger partial charge on any atom is 0.340 e. The standard InChI is InChI=1S/C21H25N3O4/c1-11(2)28-21(27)17-12(3)18(22-13(17)4)20(26)24-16-7-5-6-15(10-16)23-19(25)14-8-9-14/h5-7,10-11,14,22H,8-9H2,1-4H3,(H,23,25)(H,24,26). The molecule has 3 N–H and O–H groups in total. The van der Waals surface area contributed by atoms with E-state index in [9.17, 15) is 14.4 Å². The van der Waals surface area contributed by atoms with Crippen LogP contribution < -0.4 is 10.6 Å². The highest BCUT2D eigenvalue weighted by molar-refractivity contribution is 6.07. The zero-order valence-corrected chi connectivity index (χ0v) is 16.5. The third kappa shape index (κ3) is 4.42. The van der Waals surface area contributed by atoms with Gasteiger partial charge in [-0.3, -0.25) is 9.59 Å². The van der Waals surface area contributed by atoms with E-state index in [1.807, 2.05) is 0 Å². The van der Waals surface area contributed by atoms with E-state index in [1.54, 1.807) is 52.0 Å². The van der Waals surface area contributed by atoms with Crippen molar-refractivity contribution < 1.29 is 19.1 Å². The summed E-state index contributed by atoms with van der Waals surface area (Å²) in [6.07, 6.45) is 1.61. The van der Waals surface area contributed by atoms with Gasteiger partial charge in [0.1, 0.15) is 5.69 Å². The molecule has 1 heterocycles. The highest BCUT2D eigenvalue weighted by Gasteiger charge is 2.29. The van der Waals surface area contributed by atoms with Gasteiger partial charge in [0.2, 0.25) is 5.91 Å². The maximum absolute atomic E-state index is 12.7. The third-order valence-electron chi connectivity index (χ3n) is 4.55. The maximum atomic E-state index is 12.7. The van der Waals surface area contributed by atoms with Crippen LogP contribution in [-0.2, 0) is 9.53 Å². The van der Waals surface area contributed by atoms with Crippen molar-refractivity contribution in [3.8, 4) is 0 Å². The van der Waals surface area contributed by atoms with Crippen molar-refractivity contribution in [2.45, 2.75) is 46.6 Å². The Hall–Kier alpha value is -3.09. The summed E-state index contributed by atoms with van der Waals surface area (Å²) < 4.78 is 5.26. The van der Waals surface area contributed by atoms with Crippen LogP contribution in [0, 0.1) is 19.8 Å². The molecule has 0 saturated heterocycles. The Morgan fingerprint density at radius 3 is 2.36 bits per heavy atom. The number of hydrogen-bond donors (Lipinski definition) is 3. The molecule has 0 aliphatic heterocycles. The van der Waals surface area contributed by atoms with Crippen molar-refractivity contribution in [2.75, 3.05) is 10.6 Å². The number of rotatable bonds is 6. The number of ether oxygens (including phenoxy) is 1. The van der Waals surface area contributed by atoms with Crippen LogP contribution in [0.15, 0.2) is 24.3 Å². The topological polar surface area (TPSA) is 100 Å². The molecule has 2 aromatic rings. The van der Waals surface area contributed by atoms with Crippen molar-refractivity contribution in [3.05, 3.63) is 46.8 Å². The van der Waals surface area contributed by atoms with Crippen LogP contribution in [-0.4, -0.2) is 28.9 Å². The number of H-pyrrole nitrogens is 1. The van der Waals surface area contributed by atoms with Gasteiger partial charge in [-0.05, 0) is 64.3 Å². The van der Waals surface area contributed by atoms with E-state index < -0.39 is 5.97 Å². The number of anilines is 2. The summed E-state index contributed by atoms with van der Waals surface area (Å²) in [5, 5.41) is 5.66. The summed E-state index contributed by atoms with van der Waals surface area (Å²) in [6.45, 7) is 6.99. The summed E-state index contributed by atoms with van der Waals surface area (Å²) in [6, 6.07) is 6.98. The Bertz CT molecular complexity index is 926. The third-order valence-corrected chi connectivity index (χ3v) is 4.55. The van der Waals surface area contributed by atoms with Crippen molar-refractivity contribution in [3.63, 3.8) is 0 Å². The molecule has 7 nitrogen and oxygen atoms in total. The van der Waals surface area contributed by atoms with Crippen LogP contribution >= 0.6 is 0 Å². The summed E-state index contributed by atoms with van der Waals surface area (Å²) in [5.74, 6) is -0.709. The zero-order valence-electron chi connectivity index (χ0n) is 16.5. The summed E-state index contributed by atoms with van der Waals surface area (Å²) >= 11 is 0. The molecular formula is C21H25N3O4. The molecule has 1 aliphatic carbocycles. The first kappa shape index (κ1) is 19.7. The highest BCUT2D eigenvalue weighted by atomic mass is 16.5. The molecule has 3 rings (SSSR count). The van der Waals surface area contributed by atoms with Gasteiger partial charge >= 0.3 is 5.97 Å². The first-order chi connectivity index (χ1) is 13.3. The molecule has 1 aliphatic rings. The fourth-order valence-corrected chi connectivity index (χ4v) is 3.01. The Balaban J connectivity index is 1.74. The molecule has 0 atom stereocenters. The van der Waals surface area contributed by atoms with Gasteiger partial charge in [-0.25, -0.2) is 4.79 Å². The normalized spacial score (nSPS) is 13.3. The van der Waals surface area contributed by atoms with Gasteiger partial charge in [-0.15, -0.1) is 0 Å². The lowest BCUT2D eigenvalue weighted by Crippen LogP contribution is -2.16. The minimum atomic E-state index is -0.454. The van der Waals surface area contributed by atoms with Crippen LogP contribution in [0.5, 0.6) is 0 Å². The van der Waals surface area contributed by atoms with E-state index in [-0.39, 0.29) is 23.8 Å². The summed E-state index contributed by atoms with van der Waals surface area (Å²) in [7, 11) is 0. The van der Waals surface area contributed by atoms with Gasteiger partial charge in [-0.2, -0.15) is 0 Å². The number of nitrogens with one attached hydrogen (secondary N) is 3. The average Bonchev–Trinajstić information content (AvgIpc) is 3.40. The second-order valence-corrected chi connectivity index (χ2v) is 7.38. The molecular weight excluding hydrogens is 358 g/mol. The van der Waals surface area contributed by atoms with E-state index >= 15 is 0 Å². The number of aryl methyl sites for hydroxylation is 1. The lowest BCUT2D eigenvalue weighted by Gasteiger charge is -2.09. The zero-order chi connectivity index (χ0) is 20.4. The Kier molecular flexibility index (Phi) is 5.53. The number of carbonyl (C=O) groups is 3. The number of esters is 1. The van der Waals surface area contributed by atoms with Crippen molar-refractivity contribution in [1.29, 1.82) is 0 Å². The smallest absolute Gasteiger partial charge is 0.340 e. The van der Waals surface area contributed by atoms with E-state index in [0.717, 1.165) is 12.8 Å². The van der Waals surface area contributed by atoms with Crippen LogP contribution in [0.25, 0.3) is 0 Å². The fraction of sp³-hybridized carbons (Fsp3) is 0.381. The molecule has 1 saturated carbocycles. The summed E-state index contributed by atoms with van der Waals surface area (Å²) in [4.78, 5) is 39.9. The number of amides is 2. The molecule has 0 radical (unpaired) electrons. The number of aromatic nitrogens is 1. The van der Waals surface area contributed by atoms with Gasteiger partial charge in [-0.1, -0.05) is 6.07 Å². The van der Waals surface area contributed by atoms with Gasteiger partial charge in [0.15, 0.2) is 0 Å². The van der Waals surface area contributed by atoms with Crippen LogP contribution in [0.1, 0.15) is 58.8 Å². The average molecular weight is 383 g/mol. The van der Waals surface area contributed by atoms with Gasteiger partial charge in [0, 0.05) is 23.0 Å². The molecule has 0 unspecified atom stereocenters. The van der Waals surface area contributed by atoms with E-state index in [0.29, 0.717) is 33.9 Å². The molecule has 148 valence electrons. The van der Waals surface area contributed by atoms with Gasteiger partial charge in [0.25, 0.3) is 5.91 Å². The minimum Gasteiger partial charge on any atom is -0.459 e. The Morgan fingerprint density at radius 1 is 1.11 bits per heavy atom. The fourth-order valence-electron chi connectivity index (χ4n) is 3.01. The van der Waals surface area contributed by atoms with Crippen molar-refractivity contribution >= 4 is 29.2 Å². The van der Waals surface area contributed by atoms with Crippen LogP contribution in [0.2, 0.25) is 0 Å². The predicted octanol–water partition coefficient (Wildman–Crippen LogP) is 3.80. The largest absolute Gasteiger partial charge is 0.459 e. The first-order valence-corrected chi connectivity index (χ1v) is 9.38. The van der Waals surface area contributed by atoms with Crippen LogP contribution in [0.3, 0.4) is 0 Å². The predicted molar refractivity (Wildman–Crippen MR) is 107 cm³/mol. The molecule has 28 heavy (non-hydrogen) atoms. The number of benzene rings is 1. The molecule has 7 heteroatoms. The van der Waals surface area contributed by atoms with E-state index in [2.05, 4.69) is 15.6 Å². The van der Waals surface area contributed by atoms with E-state index in [4.69, 9.17) is 4.74 Å². The SMILES string of the molecule is Cc1[nH]c(C(=O)Nc2cccc(NC(=O)C3CC3)c2)c(C)c1C(=O)OC(C)C. The quantitative estimate of drug-likeness (QED) is 0.661. The monoisotopic (exact) mass is 383 g/mol. The molecule has 1 aromatic carbocycles. The molecule has 1 fully saturated rings. The van der Waals surface area contributed by atoms with E-state index in [1.165, 1.54) is 0 Å². The molecule has 0 bridgehead atoms. The number of hydrogen-bond acceptors (Lipinski definition) is 4. The Morgan fingerprint density at radius 2 is 1.75 bits per heavy atom. The second kappa shape index (κ2) is 7.88. The number of aromatic amines is 1. The minimum absolute atomic E-state index is 0.00706. The molecule has 1 aromatic heterocycles. The number of carbonyl (C=O) groups excluding carboxylic acids is 3. The molecule has 2 amide bonds. The molecule has 0 spiro atoms. The second-order valence-electron chi connectivity index (χ2n) is 7.38. The first-order valence-electron chi connectivity index (χ1n) is 9.38. The van der Waals surface area contributed by atoms with Crippen LogP contribution in [0.4, 0.5) is 11.4 Å². The lowest BCUT2D eigenvalue weighted by molar-refractivity contribution is -0.117. The van der Waals surface area contributed by atoms with Gasteiger partial charge < -0.3 is 20.4 Å². The Labute approximate surface area is 163 Å². The highest BCUT2D eigenvalue weighted by Crippen LogP contribution is 2.30. The van der Waals surface area contributed by atoms with Crippen molar-refractivity contribution in [1.82, 2.24) is 4.98 Å². The lowest BCUT2D eigenvalue weighted by atomic mass is 10.1. The van der Waals surface area contributed by atoms with Gasteiger partial charge in [0.05, 0.1) is 11.7 Å².